The maximum atomic E-state index is 13.2. The number of halogens is 4. The molecule has 0 aromatic heterocycles. The molecular formula is C15H13Cl2F2NO. The average Bonchev–Trinajstić information content (AvgIpc) is 2.42. The number of rotatable bonds is 5. The molecule has 0 aliphatic heterocycles. The zero-order valence-corrected chi connectivity index (χ0v) is 12.7. The summed E-state index contributed by atoms with van der Waals surface area (Å²) in [6.07, 6.45) is 0. The van der Waals surface area contributed by atoms with Crippen molar-refractivity contribution in [2.75, 3.05) is 7.05 Å². The van der Waals surface area contributed by atoms with Crippen LogP contribution in [0.2, 0.25) is 10.0 Å². The Hall–Kier alpha value is -1.36. The molecule has 0 bridgehead atoms. The van der Waals surface area contributed by atoms with E-state index in [1.54, 1.807) is 19.2 Å². The quantitative estimate of drug-likeness (QED) is 0.866. The van der Waals surface area contributed by atoms with Crippen molar-refractivity contribution in [3.05, 3.63) is 63.1 Å². The Labute approximate surface area is 131 Å². The molecular weight excluding hydrogens is 319 g/mol. The highest BCUT2D eigenvalue weighted by Crippen LogP contribution is 2.33. The zero-order valence-electron chi connectivity index (χ0n) is 11.2. The third-order valence-corrected chi connectivity index (χ3v) is 3.32. The van der Waals surface area contributed by atoms with Gasteiger partial charge in [-0.25, -0.2) is 8.78 Å². The molecule has 2 aromatic rings. The van der Waals surface area contributed by atoms with Crippen molar-refractivity contribution >= 4 is 23.2 Å². The van der Waals surface area contributed by atoms with Crippen LogP contribution < -0.4 is 10.1 Å². The van der Waals surface area contributed by atoms with Crippen LogP contribution in [-0.2, 0) is 13.2 Å². The lowest BCUT2D eigenvalue weighted by molar-refractivity contribution is 0.301. The number of ether oxygens (including phenoxy) is 1. The topological polar surface area (TPSA) is 21.3 Å². The van der Waals surface area contributed by atoms with E-state index in [0.717, 1.165) is 17.7 Å². The predicted octanol–water partition coefficient (Wildman–Crippen LogP) is 4.57. The van der Waals surface area contributed by atoms with Gasteiger partial charge < -0.3 is 10.1 Å². The van der Waals surface area contributed by atoms with E-state index in [4.69, 9.17) is 27.9 Å². The Morgan fingerprint density at radius 2 is 1.86 bits per heavy atom. The van der Waals surface area contributed by atoms with E-state index < -0.39 is 11.6 Å². The van der Waals surface area contributed by atoms with Gasteiger partial charge in [0.2, 0.25) is 0 Å². The summed E-state index contributed by atoms with van der Waals surface area (Å²) in [7, 11) is 1.79. The molecule has 0 aliphatic rings. The zero-order chi connectivity index (χ0) is 15.4. The van der Waals surface area contributed by atoms with E-state index >= 15 is 0 Å². The van der Waals surface area contributed by atoms with Gasteiger partial charge in [-0.1, -0.05) is 29.3 Å². The Morgan fingerprint density at radius 3 is 2.52 bits per heavy atom. The van der Waals surface area contributed by atoms with Crippen molar-refractivity contribution in [3.63, 3.8) is 0 Å². The number of nitrogens with one attached hydrogen (secondary N) is 1. The summed E-state index contributed by atoms with van der Waals surface area (Å²) in [6, 6.07) is 6.93. The summed E-state index contributed by atoms with van der Waals surface area (Å²) in [5.41, 5.74) is 1.30. The van der Waals surface area contributed by atoms with Crippen LogP contribution in [0.25, 0.3) is 0 Å². The van der Waals surface area contributed by atoms with Gasteiger partial charge in [0.15, 0.2) is 11.6 Å². The van der Waals surface area contributed by atoms with E-state index in [-0.39, 0.29) is 6.61 Å². The first kappa shape index (κ1) is 16.0. The number of hydrogen-bond acceptors (Lipinski definition) is 2. The minimum atomic E-state index is -0.909. The molecule has 0 fully saturated rings. The predicted molar refractivity (Wildman–Crippen MR) is 79.9 cm³/mol. The largest absolute Gasteiger partial charge is 0.487 e. The summed E-state index contributed by atoms with van der Waals surface area (Å²) in [5, 5.41) is 3.86. The number of benzene rings is 2. The summed E-state index contributed by atoms with van der Waals surface area (Å²) in [5.74, 6) is -1.33. The van der Waals surface area contributed by atoms with Crippen molar-refractivity contribution in [1.82, 2.24) is 5.32 Å². The average molecular weight is 332 g/mol. The van der Waals surface area contributed by atoms with E-state index in [1.807, 2.05) is 0 Å². The SMILES string of the molecule is CNCc1cc(Cl)cc(Cl)c1OCc1ccc(F)c(F)c1. The van der Waals surface area contributed by atoms with Crippen LogP contribution in [0.4, 0.5) is 8.78 Å². The van der Waals surface area contributed by atoms with Crippen molar-refractivity contribution in [2.45, 2.75) is 13.2 Å². The van der Waals surface area contributed by atoms with Gasteiger partial charge in [-0.3, -0.25) is 0 Å². The monoisotopic (exact) mass is 331 g/mol. The lowest BCUT2D eigenvalue weighted by Crippen LogP contribution is -2.08. The summed E-state index contributed by atoms with van der Waals surface area (Å²) >= 11 is 12.1. The van der Waals surface area contributed by atoms with E-state index in [2.05, 4.69) is 5.32 Å². The Bertz CT molecular complexity index is 650. The fraction of sp³-hybridized carbons (Fsp3) is 0.200. The first-order valence-corrected chi connectivity index (χ1v) is 6.96. The van der Waals surface area contributed by atoms with Crippen LogP contribution in [0.1, 0.15) is 11.1 Å². The standard InChI is InChI=1S/C15H13Cl2F2NO/c1-20-7-10-5-11(16)6-12(17)15(10)21-8-9-2-3-13(18)14(19)4-9/h2-6,20H,7-8H2,1H3. The fourth-order valence-electron chi connectivity index (χ4n) is 1.88. The molecule has 0 saturated carbocycles. The molecule has 21 heavy (non-hydrogen) atoms. The Morgan fingerprint density at radius 1 is 1.10 bits per heavy atom. The molecule has 6 heteroatoms. The van der Waals surface area contributed by atoms with Crippen molar-refractivity contribution in [1.29, 1.82) is 0 Å². The van der Waals surface area contributed by atoms with Gasteiger partial charge in [0, 0.05) is 17.1 Å². The normalized spacial score (nSPS) is 10.7. The van der Waals surface area contributed by atoms with E-state index in [1.165, 1.54) is 6.07 Å². The Balaban J connectivity index is 2.20. The van der Waals surface area contributed by atoms with Gasteiger partial charge in [-0.2, -0.15) is 0 Å². The minimum absolute atomic E-state index is 0.0786. The molecule has 0 spiro atoms. The van der Waals surface area contributed by atoms with Crippen LogP contribution in [0.5, 0.6) is 5.75 Å². The van der Waals surface area contributed by atoms with Gasteiger partial charge in [-0.15, -0.1) is 0 Å². The van der Waals surface area contributed by atoms with Crippen LogP contribution in [0.3, 0.4) is 0 Å². The molecule has 0 saturated heterocycles. The van der Waals surface area contributed by atoms with Crippen LogP contribution in [0.15, 0.2) is 30.3 Å². The van der Waals surface area contributed by atoms with Gasteiger partial charge in [0.05, 0.1) is 5.02 Å². The first-order chi connectivity index (χ1) is 10.0. The van der Waals surface area contributed by atoms with E-state index in [0.29, 0.717) is 27.9 Å². The molecule has 0 heterocycles. The highest BCUT2D eigenvalue weighted by atomic mass is 35.5. The highest BCUT2D eigenvalue weighted by Gasteiger charge is 2.11. The molecule has 2 nitrogen and oxygen atoms in total. The van der Waals surface area contributed by atoms with Crippen molar-refractivity contribution in [2.24, 2.45) is 0 Å². The minimum Gasteiger partial charge on any atom is -0.487 e. The van der Waals surface area contributed by atoms with Crippen LogP contribution in [0, 0.1) is 11.6 Å². The molecule has 0 unspecified atom stereocenters. The fourth-order valence-corrected chi connectivity index (χ4v) is 2.47. The van der Waals surface area contributed by atoms with Gasteiger partial charge >= 0.3 is 0 Å². The molecule has 1 N–H and O–H groups in total. The molecule has 2 rings (SSSR count). The number of hydrogen-bond donors (Lipinski definition) is 1. The van der Waals surface area contributed by atoms with Gasteiger partial charge in [0.25, 0.3) is 0 Å². The first-order valence-electron chi connectivity index (χ1n) is 6.20. The Kier molecular flexibility index (Phi) is 5.39. The molecule has 2 aromatic carbocycles. The van der Waals surface area contributed by atoms with E-state index in [9.17, 15) is 8.78 Å². The smallest absolute Gasteiger partial charge is 0.159 e. The second-order valence-corrected chi connectivity index (χ2v) is 5.29. The lowest BCUT2D eigenvalue weighted by Gasteiger charge is -2.14. The third-order valence-electron chi connectivity index (χ3n) is 2.82. The molecule has 112 valence electrons. The summed E-state index contributed by atoms with van der Waals surface area (Å²) in [4.78, 5) is 0. The molecule has 0 aliphatic carbocycles. The molecule has 0 atom stereocenters. The maximum Gasteiger partial charge on any atom is 0.159 e. The van der Waals surface area contributed by atoms with Crippen molar-refractivity contribution in [3.8, 4) is 5.75 Å². The highest BCUT2D eigenvalue weighted by molar-refractivity contribution is 6.35. The van der Waals surface area contributed by atoms with Crippen LogP contribution in [-0.4, -0.2) is 7.05 Å². The van der Waals surface area contributed by atoms with Gasteiger partial charge in [0.1, 0.15) is 12.4 Å². The summed E-state index contributed by atoms with van der Waals surface area (Å²) in [6.45, 7) is 0.600. The van der Waals surface area contributed by atoms with Gasteiger partial charge in [-0.05, 0) is 36.9 Å². The molecule has 0 radical (unpaired) electrons. The third kappa shape index (κ3) is 4.06. The summed E-state index contributed by atoms with van der Waals surface area (Å²) < 4.78 is 31.7. The lowest BCUT2D eigenvalue weighted by atomic mass is 10.2. The van der Waals surface area contributed by atoms with Crippen molar-refractivity contribution < 1.29 is 13.5 Å². The maximum absolute atomic E-state index is 13.2. The molecule has 0 amide bonds. The van der Waals surface area contributed by atoms with Crippen LogP contribution >= 0.6 is 23.2 Å². The second kappa shape index (κ2) is 7.07. The second-order valence-electron chi connectivity index (χ2n) is 4.44.